The molecule has 0 aliphatic rings. The Bertz CT molecular complexity index is 296. The van der Waals surface area contributed by atoms with Gasteiger partial charge in [-0.15, -0.1) is 0 Å². The summed E-state index contributed by atoms with van der Waals surface area (Å²) >= 11 is 0. The molecule has 1 heteroatoms. The highest BCUT2D eigenvalue weighted by Gasteiger charge is 1.95. The Morgan fingerprint density at radius 1 is 1.21 bits per heavy atom. The van der Waals surface area contributed by atoms with Crippen molar-refractivity contribution in [2.24, 2.45) is 0 Å². The van der Waals surface area contributed by atoms with E-state index in [4.69, 9.17) is 4.74 Å². The largest absolute Gasteiger partial charge is 0.494 e. The number of hydrogen-bond acceptors (Lipinski definition) is 1. The van der Waals surface area contributed by atoms with Crippen LogP contribution in [0.25, 0.3) is 5.57 Å². The van der Waals surface area contributed by atoms with E-state index in [1.54, 1.807) is 0 Å². The minimum Gasteiger partial charge on any atom is -0.494 e. The van der Waals surface area contributed by atoms with E-state index in [0.29, 0.717) is 0 Å². The Morgan fingerprint density at radius 3 is 2.36 bits per heavy atom. The zero-order valence-corrected chi connectivity index (χ0v) is 9.21. The molecule has 76 valence electrons. The summed E-state index contributed by atoms with van der Waals surface area (Å²) in [6.45, 7) is 7.01. The molecule has 0 radical (unpaired) electrons. The first-order valence-electron chi connectivity index (χ1n) is 5.18. The Kier molecular flexibility index (Phi) is 4.24. The average molecular weight is 190 g/mol. The fourth-order valence-corrected chi connectivity index (χ4v) is 1.40. The molecule has 0 unspecified atom stereocenters. The smallest absolute Gasteiger partial charge is 0.119 e. The van der Waals surface area contributed by atoms with Crippen LogP contribution in [0.4, 0.5) is 0 Å². The molecule has 1 aromatic carbocycles. The molecule has 0 saturated carbocycles. The van der Waals surface area contributed by atoms with E-state index in [0.717, 1.165) is 18.8 Å². The third-order valence-corrected chi connectivity index (χ3v) is 2.13. The average Bonchev–Trinajstić information content (AvgIpc) is 2.20. The number of ether oxygens (including phenoxy) is 1. The van der Waals surface area contributed by atoms with Crippen molar-refractivity contribution in [3.63, 3.8) is 0 Å². The summed E-state index contributed by atoms with van der Waals surface area (Å²) in [6, 6.07) is 8.25. The summed E-state index contributed by atoms with van der Waals surface area (Å²) in [5.41, 5.74) is 2.60. The van der Waals surface area contributed by atoms with Crippen molar-refractivity contribution in [2.45, 2.75) is 27.2 Å². The summed E-state index contributed by atoms with van der Waals surface area (Å²) in [5, 5.41) is 0. The molecule has 0 saturated heterocycles. The van der Waals surface area contributed by atoms with Gasteiger partial charge in [0.25, 0.3) is 0 Å². The standard InChI is InChI=1S/C13H18O/c1-4-6-11(3)12-7-9-13(10-8-12)14-5-2/h6-10H,4-5H2,1-3H3. The first kappa shape index (κ1) is 10.8. The SMILES string of the molecule is CCC=C(C)c1ccc(OCC)cc1. The van der Waals surface area contributed by atoms with Crippen molar-refractivity contribution in [3.05, 3.63) is 35.9 Å². The van der Waals surface area contributed by atoms with Crippen molar-refractivity contribution >= 4 is 5.57 Å². The molecule has 1 nitrogen and oxygen atoms in total. The predicted molar refractivity (Wildman–Crippen MR) is 61.6 cm³/mol. The normalized spacial score (nSPS) is 11.5. The van der Waals surface area contributed by atoms with E-state index in [9.17, 15) is 0 Å². The summed E-state index contributed by atoms with van der Waals surface area (Å²) < 4.78 is 5.38. The third-order valence-electron chi connectivity index (χ3n) is 2.13. The maximum absolute atomic E-state index is 5.38. The molecular formula is C13H18O. The molecule has 0 bridgehead atoms. The summed E-state index contributed by atoms with van der Waals surface area (Å²) in [7, 11) is 0. The van der Waals surface area contributed by atoms with Crippen molar-refractivity contribution in [3.8, 4) is 5.75 Å². The lowest BCUT2D eigenvalue weighted by Gasteiger charge is -2.05. The van der Waals surface area contributed by atoms with E-state index in [1.807, 2.05) is 19.1 Å². The summed E-state index contributed by atoms with van der Waals surface area (Å²) in [6.07, 6.45) is 3.31. The van der Waals surface area contributed by atoms with Crippen LogP contribution >= 0.6 is 0 Å². The summed E-state index contributed by atoms with van der Waals surface area (Å²) in [5.74, 6) is 0.945. The van der Waals surface area contributed by atoms with Gasteiger partial charge in [-0.05, 0) is 43.5 Å². The van der Waals surface area contributed by atoms with Gasteiger partial charge in [-0.1, -0.05) is 25.1 Å². The second kappa shape index (κ2) is 5.48. The maximum atomic E-state index is 5.38. The van der Waals surface area contributed by atoms with Crippen LogP contribution in [-0.4, -0.2) is 6.61 Å². The van der Waals surface area contributed by atoms with Gasteiger partial charge in [0.05, 0.1) is 6.61 Å². The molecule has 0 N–H and O–H groups in total. The minimum absolute atomic E-state index is 0.725. The highest BCUT2D eigenvalue weighted by Crippen LogP contribution is 2.18. The van der Waals surface area contributed by atoms with Gasteiger partial charge in [0.2, 0.25) is 0 Å². The zero-order chi connectivity index (χ0) is 10.4. The third kappa shape index (κ3) is 2.91. The molecule has 0 amide bonds. The van der Waals surface area contributed by atoms with Gasteiger partial charge in [-0.2, -0.15) is 0 Å². The van der Waals surface area contributed by atoms with Crippen LogP contribution in [0.15, 0.2) is 30.3 Å². The lowest BCUT2D eigenvalue weighted by molar-refractivity contribution is 0.340. The zero-order valence-electron chi connectivity index (χ0n) is 9.21. The molecule has 0 atom stereocenters. The molecule has 0 aliphatic carbocycles. The maximum Gasteiger partial charge on any atom is 0.119 e. The van der Waals surface area contributed by atoms with Crippen LogP contribution in [-0.2, 0) is 0 Å². The Morgan fingerprint density at radius 2 is 1.86 bits per heavy atom. The molecule has 0 spiro atoms. The molecule has 1 aromatic rings. The van der Waals surface area contributed by atoms with Gasteiger partial charge in [0.1, 0.15) is 5.75 Å². The lowest BCUT2D eigenvalue weighted by Crippen LogP contribution is -1.90. The summed E-state index contributed by atoms with van der Waals surface area (Å²) in [4.78, 5) is 0. The molecule has 0 heterocycles. The van der Waals surface area contributed by atoms with Crippen molar-refractivity contribution in [2.75, 3.05) is 6.61 Å². The number of allylic oxidation sites excluding steroid dienone is 2. The van der Waals surface area contributed by atoms with Gasteiger partial charge in [-0.3, -0.25) is 0 Å². The highest BCUT2D eigenvalue weighted by atomic mass is 16.5. The molecule has 0 fully saturated rings. The van der Waals surface area contributed by atoms with Gasteiger partial charge >= 0.3 is 0 Å². The van der Waals surface area contributed by atoms with Crippen LogP contribution in [0.5, 0.6) is 5.75 Å². The second-order valence-corrected chi connectivity index (χ2v) is 3.25. The minimum atomic E-state index is 0.725. The fraction of sp³-hybridized carbons (Fsp3) is 0.385. The van der Waals surface area contributed by atoms with Crippen molar-refractivity contribution in [1.82, 2.24) is 0 Å². The van der Waals surface area contributed by atoms with Gasteiger partial charge in [-0.25, -0.2) is 0 Å². The van der Waals surface area contributed by atoms with Gasteiger partial charge < -0.3 is 4.74 Å². The molecule has 1 rings (SSSR count). The fourth-order valence-electron chi connectivity index (χ4n) is 1.40. The first-order chi connectivity index (χ1) is 6.77. The van der Waals surface area contributed by atoms with Crippen LogP contribution in [0, 0.1) is 0 Å². The van der Waals surface area contributed by atoms with Gasteiger partial charge in [0.15, 0.2) is 0 Å². The number of rotatable bonds is 4. The van der Waals surface area contributed by atoms with Gasteiger partial charge in [0, 0.05) is 0 Å². The quantitative estimate of drug-likeness (QED) is 0.699. The Labute approximate surface area is 86.4 Å². The highest BCUT2D eigenvalue weighted by molar-refractivity contribution is 5.64. The molecule has 14 heavy (non-hydrogen) atoms. The Balaban J connectivity index is 2.77. The van der Waals surface area contributed by atoms with E-state index in [-0.39, 0.29) is 0 Å². The van der Waals surface area contributed by atoms with Crippen LogP contribution in [0.2, 0.25) is 0 Å². The second-order valence-electron chi connectivity index (χ2n) is 3.25. The lowest BCUT2D eigenvalue weighted by atomic mass is 10.1. The van der Waals surface area contributed by atoms with Crippen LogP contribution < -0.4 is 4.74 Å². The number of hydrogen-bond donors (Lipinski definition) is 0. The predicted octanol–water partition coefficient (Wildman–Crippen LogP) is 3.90. The topological polar surface area (TPSA) is 9.23 Å². The molecule has 0 aromatic heterocycles. The van der Waals surface area contributed by atoms with Crippen LogP contribution in [0.1, 0.15) is 32.8 Å². The van der Waals surface area contributed by atoms with Crippen molar-refractivity contribution in [1.29, 1.82) is 0 Å². The number of benzene rings is 1. The first-order valence-corrected chi connectivity index (χ1v) is 5.18. The van der Waals surface area contributed by atoms with E-state index >= 15 is 0 Å². The molecular weight excluding hydrogens is 172 g/mol. The Hall–Kier alpha value is -1.24. The van der Waals surface area contributed by atoms with Crippen LogP contribution in [0.3, 0.4) is 0 Å². The van der Waals surface area contributed by atoms with E-state index < -0.39 is 0 Å². The van der Waals surface area contributed by atoms with E-state index in [1.165, 1.54) is 11.1 Å². The van der Waals surface area contributed by atoms with E-state index in [2.05, 4.69) is 32.1 Å². The molecule has 0 aliphatic heterocycles. The van der Waals surface area contributed by atoms with Crippen molar-refractivity contribution < 1.29 is 4.74 Å². The monoisotopic (exact) mass is 190 g/mol.